The molecular formula is C37H72O6S3Sn. The monoisotopic (exact) mass is 828 g/mol. The van der Waals surface area contributed by atoms with E-state index in [2.05, 4.69) is 41.5 Å². The molecule has 0 fully saturated rings. The predicted octanol–water partition coefficient (Wildman–Crippen LogP) is 11.4. The van der Waals surface area contributed by atoms with Gasteiger partial charge in [0.25, 0.3) is 0 Å². The predicted molar refractivity (Wildman–Crippen MR) is 209 cm³/mol. The molecule has 0 radical (unpaired) electrons. The third-order valence-corrected chi connectivity index (χ3v) is 18.2. The van der Waals surface area contributed by atoms with E-state index in [1.54, 1.807) is 35.3 Å². The molecule has 0 aromatic rings. The van der Waals surface area contributed by atoms with Gasteiger partial charge < -0.3 is 0 Å². The summed E-state index contributed by atoms with van der Waals surface area (Å²) in [5, 5.41) is 0. The molecule has 0 amide bonds. The van der Waals surface area contributed by atoms with Crippen LogP contribution in [0.1, 0.15) is 158 Å². The molecule has 0 aliphatic carbocycles. The van der Waals surface area contributed by atoms with E-state index in [4.69, 9.17) is 9.22 Å². The minimum atomic E-state index is -4.85. The topological polar surface area (TPSA) is 78.9 Å². The maximum atomic E-state index is 13.1. The Morgan fingerprint density at radius 1 is 0.468 bits per heavy atom. The van der Waals surface area contributed by atoms with E-state index >= 15 is 0 Å². The molecule has 0 aromatic carbocycles. The summed E-state index contributed by atoms with van der Waals surface area (Å²) in [4.78, 5) is 39.2. The summed E-state index contributed by atoms with van der Waals surface area (Å²) < 4.78 is 18.3. The second-order valence-electron chi connectivity index (χ2n) is 14.2. The van der Waals surface area contributed by atoms with Gasteiger partial charge in [-0.25, -0.2) is 0 Å². The summed E-state index contributed by atoms with van der Waals surface area (Å²) in [6.45, 7) is 15.6. The van der Waals surface area contributed by atoms with Gasteiger partial charge in [0, 0.05) is 0 Å². The average molecular weight is 828 g/mol. The van der Waals surface area contributed by atoms with Crippen molar-refractivity contribution < 1.29 is 23.6 Å². The number of rotatable bonds is 33. The number of thioether (sulfide) groups is 3. The Hall–Kier alpha value is 0.259. The molecule has 278 valence electrons. The molecule has 0 heterocycles. The van der Waals surface area contributed by atoms with Crippen molar-refractivity contribution in [2.75, 3.05) is 34.5 Å². The van der Waals surface area contributed by atoms with E-state index in [1.165, 1.54) is 57.8 Å². The van der Waals surface area contributed by atoms with Crippen LogP contribution in [0.15, 0.2) is 0 Å². The second-order valence-corrected chi connectivity index (χ2v) is 24.5. The first kappa shape index (κ1) is 47.3. The van der Waals surface area contributed by atoms with Crippen molar-refractivity contribution in [1.82, 2.24) is 0 Å². The summed E-state index contributed by atoms with van der Waals surface area (Å²) in [7, 11) is 0. The number of unbranched alkanes of at least 4 members (excludes halogenated alkanes) is 10. The molecule has 47 heavy (non-hydrogen) atoms. The normalized spacial score (nSPS) is 11.9. The molecule has 0 bridgehead atoms. The van der Waals surface area contributed by atoms with Gasteiger partial charge in [0.1, 0.15) is 0 Å². The third kappa shape index (κ3) is 31.9. The van der Waals surface area contributed by atoms with Gasteiger partial charge in [0.05, 0.1) is 0 Å². The van der Waals surface area contributed by atoms with Crippen LogP contribution in [0, 0.1) is 17.8 Å². The fraction of sp³-hybridized carbons (Fsp3) is 0.919. The SMILES string of the molecule is CCC[CH2][Sn]([O]C(=O)CSCCCCCCC(C)C)([O]C(=O)CSCCCCCCC(C)C)[O]C(=O)CSCCCCCCC(C)C. The third-order valence-electron chi connectivity index (χ3n) is 7.76. The van der Waals surface area contributed by atoms with Crippen LogP contribution in [-0.2, 0) is 23.6 Å². The van der Waals surface area contributed by atoms with Crippen LogP contribution in [0.4, 0.5) is 0 Å². The van der Waals surface area contributed by atoms with Crippen molar-refractivity contribution in [1.29, 1.82) is 0 Å². The Bertz CT molecular complexity index is 688. The molecule has 6 nitrogen and oxygen atoms in total. The number of carbonyl (C=O) groups is 3. The van der Waals surface area contributed by atoms with Crippen LogP contribution in [-0.4, -0.2) is 72.0 Å². The summed E-state index contributed by atoms with van der Waals surface area (Å²) >= 11 is -0.196. The standard InChI is InChI=1S/3C11H22O2S.C4H9.Sn/c3*1-10(2)7-5-3-4-6-8-14-9-11(12)13;1-3-4-2;/h3*10H,3-9H2,1-2H3,(H,12,13);1,3-4H2,2H3;/q;;;;+3/p-3. The van der Waals surface area contributed by atoms with Crippen molar-refractivity contribution in [3.8, 4) is 0 Å². The Morgan fingerprint density at radius 3 is 1.04 bits per heavy atom. The molecule has 0 aliphatic rings. The van der Waals surface area contributed by atoms with Gasteiger partial charge in [-0.05, 0) is 0 Å². The quantitative estimate of drug-likeness (QED) is 0.0475. The maximum absolute atomic E-state index is 13.1. The fourth-order valence-electron chi connectivity index (χ4n) is 5.01. The van der Waals surface area contributed by atoms with E-state index in [-0.39, 0.29) is 17.3 Å². The van der Waals surface area contributed by atoms with Gasteiger partial charge in [-0.3, -0.25) is 0 Å². The van der Waals surface area contributed by atoms with Crippen molar-refractivity contribution in [3.63, 3.8) is 0 Å². The van der Waals surface area contributed by atoms with Crippen LogP contribution >= 0.6 is 35.3 Å². The molecule has 0 saturated heterocycles. The van der Waals surface area contributed by atoms with Crippen molar-refractivity contribution >= 4 is 72.8 Å². The molecule has 0 unspecified atom stereocenters. The Labute approximate surface area is 308 Å². The molecule has 0 rings (SSSR count). The average Bonchev–Trinajstić information content (AvgIpc) is 2.99. The van der Waals surface area contributed by atoms with E-state index in [9.17, 15) is 14.4 Å². The Balaban J connectivity index is 5.02. The molecule has 0 N–H and O–H groups in total. The van der Waals surface area contributed by atoms with Gasteiger partial charge in [-0.1, -0.05) is 0 Å². The van der Waals surface area contributed by atoms with Gasteiger partial charge >= 0.3 is 311 Å². The molecule has 0 aromatic heterocycles. The molecule has 0 aliphatic heterocycles. The zero-order chi connectivity index (χ0) is 35.2. The second kappa shape index (κ2) is 32.2. The molecule has 10 heteroatoms. The molecular weight excluding hydrogens is 755 g/mol. The van der Waals surface area contributed by atoms with Gasteiger partial charge in [-0.2, -0.15) is 0 Å². The van der Waals surface area contributed by atoms with Crippen molar-refractivity contribution in [2.24, 2.45) is 17.8 Å². The summed E-state index contributed by atoms with van der Waals surface area (Å²) in [5.41, 5.74) is 0. The summed E-state index contributed by atoms with van der Waals surface area (Å²) in [6.07, 6.45) is 19.4. The van der Waals surface area contributed by atoms with Gasteiger partial charge in [0.15, 0.2) is 0 Å². The number of hydrogen-bond acceptors (Lipinski definition) is 9. The first-order valence-corrected chi connectivity index (χ1v) is 27.9. The minimum absolute atomic E-state index is 0.184. The van der Waals surface area contributed by atoms with Crippen LogP contribution in [0.5, 0.6) is 0 Å². The molecule has 0 saturated carbocycles. The van der Waals surface area contributed by atoms with E-state index in [1.807, 2.05) is 6.92 Å². The van der Waals surface area contributed by atoms with Crippen molar-refractivity contribution in [2.45, 2.75) is 162 Å². The fourth-order valence-corrected chi connectivity index (χ4v) is 15.3. The van der Waals surface area contributed by atoms with Crippen LogP contribution < -0.4 is 0 Å². The van der Waals surface area contributed by atoms with Crippen LogP contribution in [0.2, 0.25) is 4.44 Å². The summed E-state index contributed by atoms with van der Waals surface area (Å²) in [5.74, 6) is 4.16. The number of carbonyl (C=O) groups excluding carboxylic acids is 3. The van der Waals surface area contributed by atoms with Gasteiger partial charge in [-0.15, -0.1) is 0 Å². The van der Waals surface area contributed by atoms with Crippen LogP contribution in [0.3, 0.4) is 0 Å². The first-order chi connectivity index (χ1) is 22.5. The summed E-state index contributed by atoms with van der Waals surface area (Å²) in [6, 6.07) is 0. The van der Waals surface area contributed by atoms with Gasteiger partial charge in [0.2, 0.25) is 0 Å². The molecule has 0 spiro atoms. The first-order valence-electron chi connectivity index (χ1n) is 18.9. The Kier molecular flexibility index (Phi) is 32.4. The van der Waals surface area contributed by atoms with E-state index in [0.29, 0.717) is 10.9 Å². The number of hydrogen-bond donors (Lipinski definition) is 0. The van der Waals surface area contributed by atoms with E-state index in [0.717, 1.165) is 80.0 Å². The molecule has 0 atom stereocenters. The zero-order valence-corrected chi connectivity index (χ0v) is 36.7. The van der Waals surface area contributed by atoms with Crippen molar-refractivity contribution in [3.05, 3.63) is 0 Å². The van der Waals surface area contributed by atoms with Crippen LogP contribution in [0.25, 0.3) is 0 Å². The Morgan fingerprint density at radius 2 is 0.766 bits per heavy atom. The zero-order valence-electron chi connectivity index (χ0n) is 31.4. The van der Waals surface area contributed by atoms with E-state index < -0.39 is 37.5 Å².